The second-order valence-corrected chi connectivity index (χ2v) is 5.11. The summed E-state index contributed by atoms with van der Waals surface area (Å²) in [4.78, 5) is 4.31. The standard InChI is InChI=1S/C13H8FIN2O/c14-7-1-4-11-12(5-7)18-13(17-11)9-6-8(15)2-3-10(9)16/h1-6H,16H2. The highest BCUT2D eigenvalue weighted by Gasteiger charge is 2.12. The first-order valence-corrected chi connectivity index (χ1v) is 6.33. The first-order chi connectivity index (χ1) is 8.63. The van der Waals surface area contributed by atoms with Gasteiger partial charge in [0.1, 0.15) is 11.3 Å². The topological polar surface area (TPSA) is 52.0 Å². The molecule has 18 heavy (non-hydrogen) atoms. The molecule has 1 heterocycles. The van der Waals surface area contributed by atoms with Gasteiger partial charge in [-0.15, -0.1) is 0 Å². The molecule has 1 aromatic heterocycles. The van der Waals surface area contributed by atoms with Crippen LogP contribution in [-0.4, -0.2) is 4.98 Å². The molecule has 0 spiro atoms. The summed E-state index contributed by atoms with van der Waals surface area (Å²) in [6, 6.07) is 9.84. The van der Waals surface area contributed by atoms with Gasteiger partial charge in [0, 0.05) is 15.3 Å². The van der Waals surface area contributed by atoms with E-state index in [1.165, 1.54) is 12.1 Å². The molecule has 0 radical (unpaired) electrons. The highest BCUT2D eigenvalue weighted by Crippen LogP contribution is 2.30. The lowest BCUT2D eigenvalue weighted by atomic mass is 10.2. The van der Waals surface area contributed by atoms with Crippen LogP contribution in [0.4, 0.5) is 10.1 Å². The third kappa shape index (κ3) is 1.94. The number of halogens is 2. The summed E-state index contributed by atoms with van der Waals surface area (Å²) in [5, 5.41) is 0. The van der Waals surface area contributed by atoms with Gasteiger partial charge in [-0.25, -0.2) is 9.37 Å². The number of aromatic nitrogens is 1. The first kappa shape index (κ1) is 11.5. The van der Waals surface area contributed by atoms with E-state index in [1.807, 2.05) is 12.1 Å². The third-order valence-electron chi connectivity index (χ3n) is 2.60. The number of fused-ring (bicyclic) bond motifs is 1. The normalized spacial score (nSPS) is 11.0. The van der Waals surface area contributed by atoms with Crippen LogP contribution in [0.2, 0.25) is 0 Å². The molecule has 0 aliphatic heterocycles. The zero-order valence-corrected chi connectivity index (χ0v) is 11.3. The van der Waals surface area contributed by atoms with Crippen LogP contribution in [0.25, 0.3) is 22.6 Å². The maximum atomic E-state index is 13.1. The van der Waals surface area contributed by atoms with E-state index in [9.17, 15) is 4.39 Å². The van der Waals surface area contributed by atoms with Crippen LogP contribution in [-0.2, 0) is 0 Å². The summed E-state index contributed by atoms with van der Waals surface area (Å²) in [5.41, 5.74) is 8.24. The van der Waals surface area contributed by atoms with E-state index in [-0.39, 0.29) is 5.82 Å². The molecule has 2 N–H and O–H groups in total. The molecule has 2 aromatic carbocycles. The molecule has 0 aliphatic rings. The van der Waals surface area contributed by atoms with Gasteiger partial charge in [-0.2, -0.15) is 0 Å². The van der Waals surface area contributed by atoms with Gasteiger partial charge in [-0.1, -0.05) is 0 Å². The van der Waals surface area contributed by atoms with Crippen LogP contribution < -0.4 is 5.73 Å². The second-order valence-electron chi connectivity index (χ2n) is 3.86. The van der Waals surface area contributed by atoms with Gasteiger partial charge in [0.05, 0.1) is 5.56 Å². The summed E-state index contributed by atoms with van der Waals surface area (Å²) in [5.74, 6) is 0.0624. The number of rotatable bonds is 1. The summed E-state index contributed by atoms with van der Waals surface area (Å²) < 4.78 is 19.6. The van der Waals surface area contributed by atoms with E-state index in [4.69, 9.17) is 10.2 Å². The van der Waals surface area contributed by atoms with Gasteiger partial charge in [0.25, 0.3) is 0 Å². The monoisotopic (exact) mass is 354 g/mol. The largest absolute Gasteiger partial charge is 0.436 e. The molecule has 0 saturated heterocycles. The van der Waals surface area contributed by atoms with Crippen molar-refractivity contribution in [2.24, 2.45) is 0 Å². The van der Waals surface area contributed by atoms with E-state index >= 15 is 0 Å². The Hall–Kier alpha value is -1.63. The molecule has 0 atom stereocenters. The van der Waals surface area contributed by atoms with E-state index in [2.05, 4.69) is 27.6 Å². The highest BCUT2D eigenvalue weighted by atomic mass is 127. The summed E-state index contributed by atoms with van der Waals surface area (Å²) >= 11 is 2.19. The molecular formula is C13H8FIN2O. The Morgan fingerprint density at radius 2 is 2.00 bits per heavy atom. The zero-order chi connectivity index (χ0) is 12.7. The van der Waals surface area contributed by atoms with Crippen LogP contribution >= 0.6 is 22.6 Å². The molecule has 0 saturated carbocycles. The quantitative estimate of drug-likeness (QED) is 0.534. The molecular weight excluding hydrogens is 346 g/mol. The van der Waals surface area contributed by atoms with E-state index in [0.29, 0.717) is 22.7 Å². The van der Waals surface area contributed by atoms with Crippen molar-refractivity contribution in [1.29, 1.82) is 0 Å². The number of nitrogens with two attached hydrogens (primary N) is 1. The number of hydrogen-bond donors (Lipinski definition) is 1. The molecule has 0 bridgehead atoms. The van der Waals surface area contributed by atoms with Gasteiger partial charge in [0.15, 0.2) is 5.58 Å². The Morgan fingerprint density at radius 3 is 2.83 bits per heavy atom. The highest BCUT2D eigenvalue weighted by molar-refractivity contribution is 14.1. The minimum atomic E-state index is -0.346. The lowest BCUT2D eigenvalue weighted by molar-refractivity contribution is 0.602. The summed E-state index contributed by atoms with van der Waals surface area (Å²) in [7, 11) is 0. The molecule has 0 fully saturated rings. The third-order valence-corrected chi connectivity index (χ3v) is 3.27. The number of nitrogen functional groups attached to an aromatic ring is 1. The van der Waals surface area contributed by atoms with Gasteiger partial charge >= 0.3 is 0 Å². The molecule has 0 unspecified atom stereocenters. The van der Waals surface area contributed by atoms with Gasteiger partial charge in [-0.05, 0) is 52.9 Å². The van der Waals surface area contributed by atoms with E-state index < -0.39 is 0 Å². The van der Waals surface area contributed by atoms with Crippen molar-refractivity contribution in [1.82, 2.24) is 4.98 Å². The number of benzene rings is 2. The van der Waals surface area contributed by atoms with Crippen molar-refractivity contribution in [3.8, 4) is 11.5 Å². The average Bonchev–Trinajstić information content (AvgIpc) is 2.74. The Bertz CT molecular complexity index is 739. The van der Waals surface area contributed by atoms with E-state index in [1.54, 1.807) is 12.1 Å². The minimum Gasteiger partial charge on any atom is -0.436 e. The molecule has 3 rings (SSSR count). The lowest BCUT2D eigenvalue weighted by Crippen LogP contribution is -1.90. The van der Waals surface area contributed by atoms with Gasteiger partial charge < -0.3 is 10.2 Å². The minimum absolute atomic E-state index is 0.346. The number of anilines is 1. The molecule has 0 amide bonds. The molecule has 5 heteroatoms. The first-order valence-electron chi connectivity index (χ1n) is 5.25. The fourth-order valence-corrected chi connectivity index (χ4v) is 2.22. The second kappa shape index (κ2) is 4.24. The Balaban J connectivity index is 2.22. The Kier molecular flexibility index (Phi) is 2.70. The van der Waals surface area contributed by atoms with Gasteiger partial charge in [-0.3, -0.25) is 0 Å². The van der Waals surface area contributed by atoms with Crippen LogP contribution in [0.1, 0.15) is 0 Å². The summed E-state index contributed by atoms with van der Waals surface area (Å²) in [6.07, 6.45) is 0. The van der Waals surface area contributed by atoms with Crippen LogP contribution in [0, 0.1) is 9.39 Å². The number of oxazole rings is 1. The van der Waals surface area contributed by atoms with Crippen molar-refractivity contribution in [2.45, 2.75) is 0 Å². The van der Waals surface area contributed by atoms with Gasteiger partial charge in [0.2, 0.25) is 5.89 Å². The molecule has 0 aliphatic carbocycles. The van der Waals surface area contributed by atoms with Crippen molar-refractivity contribution in [2.75, 3.05) is 5.73 Å². The smallest absolute Gasteiger partial charge is 0.229 e. The average molecular weight is 354 g/mol. The number of nitrogens with zero attached hydrogens (tertiary/aromatic N) is 1. The Morgan fingerprint density at radius 1 is 1.17 bits per heavy atom. The lowest BCUT2D eigenvalue weighted by Gasteiger charge is -2.01. The van der Waals surface area contributed by atoms with Crippen LogP contribution in [0.3, 0.4) is 0 Å². The van der Waals surface area contributed by atoms with Crippen LogP contribution in [0.5, 0.6) is 0 Å². The molecule has 3 aromatic rings. The Labute approximate surface area is 116 Å². The van der Waals surface area contributed by atoms with Crippen molar-refractivity contribution >= 4 is 39.4 Å². The number of hydrogen-bond acceptors (Lipinski definition) is 3. The van der Waals surface area contributed by atoms with Crippen molar-refractivity contribution < 1.29 is 8.81 Å². The maximum Gasteiger partial charge on any atom is 0.229 e. The zero-order valence-electron chi connectivity index (χ0n) is 9.15. The fraction of sp³-hybridized carbons (Fsp3) is 0. The van der Waals surface area contributed by atoms with Crippen molar-refractivity contribution in [3.63, 3.8) is 0 Å². The molecule has 90 valence electrons. The predicted octanol–water partition coefficient (Wildman–Crippen LogP) is 3.82. The van der Waals surface area contributed by atoms with Crippen LogP contribution in [0.15, 0.2) is 40.8 Å². The fourth-order valence-electron chi connectivity index (χ4n) is 1.73. The molecule has 3 nitrogen and oxygen atoms in total. The summed E-state index contributed by atoms with van der Waals surface area (Å²) in [6.45, 7) is 0. The maximum absolute atomic E-state index is 13.1. The van der Waals surface area contributed by atoms with E-state index in [0.717, 1.165) is 9.13 Å². The predicted molar refractivity (Wildman–Crippen MR) is 76.5 cm³/mol. The van der Waals surface area contributed by atoms with Crippen molar-refractivity contribution in [3.05, 3.63) is 45.8 Å². The SMILES string of the molecule is Nc1ccc(I)cc1-c1nc2ccc(F)cc2o1.